The molecule has 0 unspecified atom stereocenters. The van der Waals surface area contributed by atoms with E-state index in [0.29, 0.717) is 33.5 Å². The van der Waals surface area contributed by atoms with Crippen LogP contribution in [-0.2, 0) is 4.79 Å². The third kappa shape index (κ3) is 4.98. The summed E-state index contributed by atoms with van der Waals surface area (Å²) in [5.74, 6) is -0.142. The Morgan fingerprint density at radius 3 is 2.39 bits per heavy atom. The fourth-order valence-corrected chi connectivity index (χ4v) is 2.33. The van der Waals surface area contributed by atoms with Crippen LogP contribution in [-0.4, -0.2) is 18.2 Å². The highest BCUT2D eigenvalue weighted by molar-refractivity contribution is 6.43. The summed E-state index contributed by atoms with van der Waals surface area (Å²) in [5.41, 5.74) is 1.96. The molecule has 0 saturated carbocycles. The molecule has 0 heterocycles. The van der Waals surface area contributed by atoms with E-state index in [1.807, 2.05) is 0 Å². The Bertz CT molecular complexity index is 715. The van der Waals surface area contributed by atoms with Gasteiger partial charge in [-0.05, 0) is 43.3 Å². The molecule has 0 saturated heterocycles. The van der Waals surface area contributed by atoms with E-state index in [2.05, 4.69) is 10.6 Å². The van der Waals surface area contributed by atoms with Crippen molar-refractivity contribution in [2.45, 2.75) is 13.3 Å². The summed E-state index contributed by atoms with van der Waals surface area (Å²) in [6.45, 7) is 1.93. The first-order chi connectivity index (χ1) is 11.0. The predicted octanol–water partition coefficient (Wildman–Crippen LogP) is 4.64. The Morgan fingerprint density at radius 2 is 1.74 bits per heavy atom. The van der Waals surface area contributed by atoms with Gasteiger partial charge in [0.25, 0.3) is 0 Å². The van der Waals surface area contributed by atoms with Crippen molar-refractivity contribution in [2.75, 3.05) is 17.2 Å². The Hall–Kier alpha value is -2.04. The van der Waals surface area contributed by atoms with Gasteiger partial charge in [0, 0.05) is 24.2 Å². The maximum Gasteiger partial charge on any atom is 0.226 e. The second kappa shape index (κ2) is 7.99. The van der Waals surface area contributed by atoms with E-state index >= 15 is 0 Å². The van der Waals surface area contributed by atoms with Gasteiger partial charge in [-0.3, -0.25) is 9.59 Å². The summed E-state index contributed by atoms with van der Waals surface area (Å²) in [6, 6.07) is 12.1. The molecule has 2 N–H and O–H groups in total. The van der Waals surface area contributed by atoms with Crippen LogP contribution in [0.3, 0.4) is 0 Å². The molecule has 2 aromatic carbocycles. The summed E-state index contributed by atoms with van der Waals surface area (Å²) in [4.78, 5) is 23.1. The van der Waals surface area contributed by atoms with Crippen molar-refractivity contribution in [3.05, 3.63) is 58.1 Å². The number of carbonyl (C=O) groups excluding carboxylic acids is 2. The van der Waals surface area contributed by atoms with E-state index < -0.39 is 0 Å². The van der Waals surface area contributed by atoms with Gasteiger partial charge < -0.3 is 10.6 Å². The maximum atomic E-state index is 11.9. The molecule has 0 bridgehead atoms. The van der Waals surface area contributed by atoms with Crippen molar-refractivity contribution < 1.29 is 9.59 Å². The molecule has 6 heteroatoms. The third-order valence-electron chi connectivity index (χ3n) is 3.19. The van der Waals surface area contributed by atoms with E-state index in [0.717, 1.165) is 0 Å². The predicted molar refractivity (Wildman–Crippen MR) is 94.6 cm³/mol. The first kappa shape index (κ1) is 17.3. The van der Waals surface area contributed by atoms with Gasteiger partial charge in [0.05, 0.1) is 15.7 Å². The Kier molecular flexibility index (Phi) is 6.02. The van der Waals surface area contributed by atoms with Crippen molar-refractivity contribution in [3.8, 4) is 0 Å². The first-order valence-electron chi connectivity index (χ1n) is 7.06. The molecule has 23 heavy (non-hydrogen) atoms. The number of benzene rings is 2. The molecule has 1 amide bonds. The highest BCUT2D eigenvalue weighted by atomic mass is 35.5. The molecule has 2 aromatic rings. The van der Waals surface area contributed by atoms with Crippen molar-refractivity contribution in [2.24, 2.45) is 0 Å². The van der Waals surface area contributed by atoms with Crippen LogP contribution in [0.4, 0.5) is 11.4 Å². The molecule has 0 fully saturated rings. The number of carbonyl (C=O) groups is 2. The van der Waals surface area contributed by atoms with Crippen LogP contribution in [0.15, 0.2) is 42.5 Å². The molecule has 120 valence electrons. The van der Waals surface area contributed by atoms with Gasteiger partial charge >= 0.3 is 0 Å². The zero-order valence-electron chi connectivity index (χ0n) is 12.5. The van der Waals surface area contributed by atoms with Gasteiger partial charge in [-0.25, -0.2) is 0 Å². The number of hydrogen-bond donors (Lipinski definition) is 2. The summed E-state index contributed by atoms with van der Waals surface area (Å²) in [5, 5.41) is 6.75. The molecule has 0 aromatic heterocycles. The normalized spacial score (nSPS) is 10.2. The number of amides is 1. The summed E-state index contributed by atoms with van der Waals surface area (Å²) in [7, 11) is 0. The van der Waals surface area contributed by atoms with E-state index in [1.165, 1.54) is 6.92 Å². The van der Waals surface area contributed by atoms with Gasteiger partial charge in [-0.1, -0.05) is 29.3 Å². The third-order valence-corrected chi connectivity index (χ3v) is 4.01. The molecule has 0 aliphatic carbocycles. The molecular weight excluding hydrogens is 335 g/mol. The van der Waals surface area contributed by atoms with Gasteiger partial charge in [0.15, 0.2) is 5.78 Å². The lowest BCUT2D eigenvalue weighted by Gasteiger charge is -2.10. The number of anilines is 2. The molecule has 0 atom stereocenters. The molecule has 0 spiro atoms. The lowest BCUT2D eigenvalue weighted by molar-refractivity contribution is -0.115. The van der Waals surface area contributed by atoms with Crippen LogP contribution in [0.1, 0.15) is 23.7 Å². The van der Waals surface area contributed by atoms with Crippen LogP contribution in [0.5, 0.6) is 0 Å². The highest BCUT2D eigenvalue weighted by Gasteiger charge is 2.06. The van der Waals surface area contributed by atoms with Crippen molar-refractivity contribution in [1.82, 2.24) is 0 Å². The van der Waals surface area contributed by atoms with Gasteiger partial charge in [0.1, 0.15) is 0 Å². The summed E-state index contributed by atoms with van der Waals surface area (Å²) in [6.07, 6.45) is 0.275. The molecule has 4 nitrogen and oxygen atoms in total. The topological polar surface area (TPSA) is 58.2 Å². The Morgan fingerprint density at radius 1 is 1.04 bits per heavy atom. The molecular formula is C17H16Cl2N2O2. The van der Waals surface area contributed by atoms with Gasteiger partial charge in [-0.2, -0.15) is 0 Å². The van der Waals surface area contributed by atoms with Gasteiger partial charge in [-0.15, -0.1) is 0 Å². The van der Waals surface area contributed by atoms with Crippen LogP contribution < -0.4 is 10.6 Å². The highest BCUT2D eigenvalue weighted by Crippen LogP contribution is 2.29. The fraction of sp³-hybridized carbons (Fsp3) is 0.176. The molecule has 0 radical (unpaired) electrons. The lowest BCUT2D eigenvalue weighted by atomic mass is 10.1. The average Bonchev–Trinajstić information content (AvgIpc) is 2.52. The Labute approximate surface area is 144 Å². The Balaban J connectivity index is 1.83. The second-order valence-electron chi connectivity index (χ2n) is 4.96. The van der Waals surface area contributed by atoms with E-state index in [9.17, 15) is 9.59 Å². The van der Waals surface area contributed by atoms with Crippen molar-refractivity contribution in [1.29, 1.82) is 0 Å². The number of halogens is 2. The average molecular weight is 351 g/mol. The second-order valence-corrected chi connectivity index (χ2v) is 5.75. The van der Waals surface area contributed by atoms with Gasteiger partial charge in [0.2, 0.25) is 5.91 Å². The number of ketones is 1. The number of nitrogens with one attached hydrogen (secondary N) is 2. The minimum Gasteiger partial charge on any atom is -0.383 e. The van der Waals surface area contributed by atoms with Crippen molar-refractivity contribution >= 4 is 46.3 Å². The molecule has 0 aliphatic rings. The van der Waals surface area contributed by atoms with Crippen molar-refractivity contribution in [3.63, 3.8) is 0 Å². The molecule has 2 rings (SSSR count). The van der Waals surface area contributed by atoms with E-state index in [-0.39, 0.29) is 18.1 Å². The summed E-state index contributed by atoms with van der Waals surface area (Å²) < 4.78 is 0. The quantitative estimate of drug-likeness (QED) is 0.746. The van der Waals surface area contributed by atoms with Crippen LogP contribution in [0.2, 0.25) is 10.0 Å². The first-order valence-corrected chi connectivity index (χ1v) is 7.81. The SMILES string of the molecule is CC(=O)c1ccc(NC(=O)CCNc2cccc(Cl)c2Cl)cc1. The zero-order valence-corrected chi connectivity index (χ0v) is 14.0. The van der Waals surface area contributed by atoms with Crippen LogP contribution in [0, 0.1) is 0 Å². The number of hydrogen-bond acceptors (Lipinski definition) is 3. The van der Waals surface area contributed by atoms with E-state index in [4.69, 9.17) is 23.2 Å². The number of Topliss-reactive ketones (excluding diaryl/α,β-unsaturated/α-hetero) is 1. The maximum absolute atomic E-state index is 11.9. The zero-order chi connectivity index (χ0) is 16.8. The molecule has 0 aliphatic heterocycles. The standard InChI is InChI=1S/C17H16Cl2N2O2/c1-11(22)12-5-7-13(8-6-12)21-16(23)9-10-20-15-4-2-3-14(18)17(15)19/h2-8,20H,9-10H2,1H3,(H,21,23). The van der Waals surface area contributed by atoms with E-state index in [1.54, 1.807) is 42.5 Å². The lowest BCUT2D eigenvalue weighted by Crippen LogP contribution is -2.16. The smallest absolute Gasteiger partial charge is 0.226 e. The monoisotopic (exact) mass is 350 g/mol. The largest absolute Gasteiger partial charge is 0.383 e. The summed E-state index contributed by atoms with van der Waals surface area (Å²) >= 11 is 12.0. The van der Waals surface area contributed by atoms with Crippen LogP contribution >= 0.6 is 23.2 Å². The fourth-order valence-electron chi connectivity index (χ4n) is 1.96. The minimum absolute atomic E-state index is 0.00882. The van der Waals surface area contributed by atoms with Crippen LogP contribution in [0.25, 0.3) is 0 Å². The number of rotatable bonds is 6. The minimum atomic E-state index is -0.133.